The van der Waals surface area contributed by atoms with E-state index in [2.05, 4.69) is 62.4 Å². The molecular formula is C54H86BaO10. The van der Waals surface area contributed by atoms with Crippen molar-refractivity contribution in [3.63, 3.8) is 0 Å². The van der Waals surface area contributed by atoms with Crippen LogP contribution in [0.2, 0.25) is 0 Å². The van der Waals surface area contributed by atoms with Gasteiger partial charge in [0.2, 0.25) is 0 Å². The molecule has 0 saturated heterocycles. The van der Waals surface area contributed by atoms with E-state index in [0.717, 1.165) is 103 Å². The van der Waals surface area contributed by atoms with Crippen LogP contribution in [-0.2, 0) is 51.3 Å². The second-order valence-corrected chi connectivity index (χ2v) is 17.5. The molecule has 10 nitrogen and oxygen atoms in total. The smallest absolute Gasteiger partial charge is 0.550 e. The molecule has 11 heteroatoms. The first-order chi connectivity index (χ1) is 31.0. The second kappa shape index (κ2) is 44.3. The summed E-state index contributed by atoms with van der Waals surface area (Å²) in [4.78, 5) is 43.6. The molecule has 0 aliphatic carbocycles. The number of benzene rings is 2. The van der Waals surface area contributed by atoms with Gasteiger partial charge in [0.05, 0.1) is 25.4 Å². The SMILES string of the molecule is CCC(CCCCCCCCC(CCCCCC(=O)[O-])OC(C)=O)OCc1ccccc1.CCC(CCCCCCCCC(CCCCCC(=O)[O-])OC(C)=O)OCc1ccccc1.[Ba+2]. The van der Waals surface area contributed by atoms with E-state index < -0.39 is 11.9 Å². The molecule has 0 fully saturated rings. The Hall–Kier alpha value is -2.19. The van der Waals surface area contributed by atoms with Gasteiger partial charge in [-0.15, -0.1) is 0 Å². The fraction of sp³-hybridized carbons (Fsp3) is 0.704. The van der Waals surface area contributed by atoms with Gasteiger partial charge in [0.1, 0.15) is 12.2 Å². The number of esters is 2. The summed E-state index contributed by atoms with van der Waals surface area (Å²) < 4.78 is 23.0. The predicted molar refractivity (Wildman–Crippen MR) is 258 cm³/mol. The normalized spacial score (nSPS) is 12.7. The average Bonchev–Trinajstić information content (AvgIpc) is 3.27. The van der Waals surface area contributed by atoms with Gasteiger partial charge in [-0.2, -0.15) is 0 Å². The van der Waals surface area contributed by atoms with Gasteiger partial charge in [0.15, 0.2) is 0 Å². The maximum Gasteiger partial charge on any atom is 2.00 e. The molecule has 0 aromatic heterocycles. The molecule has 0 bridgehead atoms. The molecule has 364 valence electrons. The zero-order valence-corrected chi connectivity index (χ0v) is 45.5. The number of carboxylic acid groups (broad SMARTS) is 2. The molecule has 0 aliphatic rings. The number of hydrogen-bond acceptors (Lipinski definition) is 10. The molecule has 2 aromatic carbocycles. The quantitative estimate of drug-likeness (QED) is 0.0358. The van der Waals surface area contributed by atoms with Gasteiger partial charge in [-0.25, -0.2) is 0 Å². The summed E-state index contributed by atoms with van der Waals surface area (Å²) in [7, 11) is 0. The third-order valence-corrected chi connectivity index (χ3v) is 11.7. The first-order valence-electron chi connectivity index (χ1n) is 25.1. The molecule has 4 atom stereocenters. The van der Waals surface area contributed by atoms with Crippen LogP contribution < -0.4 is 10.2 Å². The van der Waals surface area contributed by atoms with Gasteiger partial charge in [-0.1, -0.05) is 152 Å². The number of unbranched alkanes of at least 4 members (excludes halogenated alkanes) is 14. The van der Waals surface area contributed by atoms with Crippen LogP contribution in [0.15, 0.2) is 60.7 Å². The topological polar surface area (TPSA) is 151 Å². The largest absolute Gasteiger partial charge is 2.00 e. The Morgan fingerprint density at radius 3 is 0.938 bits per heavy atom. The van der Waals surface area contributed by atoms with Crippen LogP contribution in [0.5, 0.6) is 0 Å². The van der Waals surface area contributed by atoms with Crippen LogP contribution >= 0.6 is 0 Å². The van der Waals surface area contributed by atoms with Crippen molar-refractivity contribution < 1.29 is 48.3 Å². The Kier molecular flexibility index (Phi) is 42.8. The molecular weight excluding hydrogens is 946 g/mol. The summed E-state index contributed by atoms with van der Waals surface area (Å²) in [6.45, 7) is 8.68. The molecule has 0 heterocycles. The molecule has 0 saturated carbocycles. The number of aliphatic carboxylic acids is 2. The second-order valence-electron chi connectivity index (χ2n) is 17.5. The van der Waals surface area contributed by atoms with E-state index in [-0.39, 0.29) is 85.9 Å². The summed E-state index contributed by atoms with van der Waals surface area (Å²) in [6, 6.07) is 20.7. The van der Waals surface area contributed by atoms with Crippen LogP contribution in [0.3, 0.4) is 0 Å². The van der Waals surface area contributed by atoms with E-state index in [1.807, 2.05) is 12.1 Å². The minimum absolute atomic E-state index is 0. The van der Waals surface area contributed by atoms with Crippen LogP contribution in [0.4, 0.5) is 0 Å². The van der Waals surface area contributed by atoms with Crippen LogP contribution in [0.1, 0.15) is 219 Å². The number of ether oxygens (including phenoxy) is 4. The van der Waals surface area contributed by atoms with Crippen molar-refractivity contribution >= 4 is 72.8 Å². The summed E-state index contributed by atoms with van der Waals surface area (Å²) in [6.07, 6.45) is 27.5. The first kappa shape index (κ1) is 62.8. The van der Waals surface area contributed by atoms with Crippen molar-refractivity contribution in [1.82, 2.24) is 0 Å². The van der Waals surface area contributed by atoms with E-state index in [1.54, 1.807) is 0 Å². The number of hydrogen-bond donors (Lipinski definition) is 0. The van der Waals surface area contributed by atoms with Crippen molar-refractivity contribution in [3.05, 3.63) is 71.8 Å². The predicted octanol–water partition coefficient (Wildman–Crippen LogP) is 11.1. The number of rotatable bonds is 40. The summed E-state index contributed by atoms with van der Waals surface area (Å²) >= 11 is 0. The number of carbonyl (C=O) groups excluding carboxylic acids is 4. The molecule has 0 N–H and O–H groups in total. The summed E-state index contributed by atoms with van der Waals surface area (Å²) in [5.74, 6) is -2.45. The summed E-state index contributed by atoms with van der Waals surface area (Å²) in [5.41, 5.74) is 2.46. The van der Waals surface area contributed by atoms with Crippen LogP contribution in [-0.4, -0.2) is 97.2 Å². The molecule has 2 aromatic rings. The minimum atomic E-state index is -0.994. The maximum atomic E-state index is 11.3. The third kappa shape index (κ3) is 40.6. The first-order valence-corrected chi connectivity index (χ1v) is 25.1. The Balaban J connectivity index is 0.00000124. The van der Waals surface area contributed by atoms with E-state index in [0.29, 0.717) is 38.3 Å². The minimum Gasteiger partial charge on any atom is -0.550 e. The van der Waals surface area contributed by atoms with Crippen molar-refractivity contribution in [3.8, 4) is 0 Å². The van der Waals surface area contributed by atoms with Gasteiger partial charge in [-0.3, -0.25) is 9.59 Å². The van der Waals surface area contributed by atoms with Gasteiger partial charge in [0.25, 0.3) is 0 Å². The average molecular weight is 1030 g/mol. The Bertz CT molecular complexity index is 1320. The van der Waals surface area contributed by atoms with Gasteiger partial charge >= 0.3 is 60.8 Å². The zero-order valence-electron chi connectivity index (χ0n) is 41.1. The monoisotopic (exact) mass is 1030 g/mol. The Morgan fingerprint density at radius 1 is 0.415 bits per heavy atom. The van der Waals surface area contributed by atoms with E-state index in [9.17, 15) is 29.4 Å². The van der Waals surface area contributed by atoms with E-state index in [1.165, 1.54) is 76.3 Å². The van der Waals surface area contributed by atoms with Gasteiger partial charge in [-0.05, 0) is 114 Å². The Morgan fingerprint density at radius 2 is 0.677 bits per heavy atom. The molecule has 0 amide bonds. The van der Waals surface area contributed by atoms with E-state index >= 15 is 0 Å². The van der Waals surface area contributed by atoms with Gasteiger partial charge in [0, 0.05) is 25.8 Å². The van der Waals surface area contributed by atoms with Crippen LogP contribution in [0.25, 0.3) is 0 Å². The van der Waals surface area contributed by atoms with Crippen molar-refractivity contribution in [1.29, 1.82) is 0 Å². The zero-order chi connectivity index (χ0) is 46.9. The molecule has 2 rings (SSSR count). The maximum absolute atomic E-state index is 11.3. The fourth-order valence-corrected chi connectivity index (χ4v) is 7.92. The Labute approximate surface area is 434 Å². The molecule has 4 unspecified atom stereocenters. The standard InChI is InChI=1S/2C27H44O5.Ba/c2*1-3-25(31-22-24-16-10-8-11-17-24)18-12-6-4-5-7-13-19-26(32-23(2)28)20-14-9-15-21-27(29)30;/h2*8,10-11,16-17,25-26H,3-7,9,12-15,18-22H2,1-2H3,(H,29,30);/q;;+2/p-2. The number of carbonyl (C=O) groups is 4. The van der Waals surface area contributed by atoms with E-state index in [4.69, 9.17) is 18.9 Å². The van der Waals surface area contributed by atoms with Gasteiger partial charge < -0.3 is 38.7 Å². The van der Waals surface area contributed by atoms with Crippen molar-refractivity contribution in [2.45, 2.75) is 245 Å². The molecule has 0 spiro atoms. The van der Waals surface area contributed by atoms with Crippen molar-refractivity contribution in [2.24, 2.45) is 0 Å². The fourth-order valence-electron chi connectivity index (χ4n) is 7.92. The molecule has 65 heavy (non-hydrogen) atoms. The molecule has 0 radical (unpaired) electrons. The molecule has 0 aliphatic heterocycles. The van der Waals surface area contributed by atoms with Crippen LogP contribution in [0, 0.1) is 0 Å². The number of carboxylic acids is 2. The summed E-state index contributed by atoms with van der Waals surface area (Å²) in [5, 5.41) is 20.9. The third-order valence-electron chi connectivity index (χ3n) is 11.7. The van der Waals surface area contributed by atoms with Crippen molar-refractivity contribution in [2.75, 3.05) is 0 Å².